The van der Waals surface area contributed by atoms with E-state index in [0.29, 0.717) is 73.9 Å². The standard InChI is InChI=1S/C23H24F3N5O.C20H21F3N8O/c1-15-6-16(23(26)2-4-30(5-3-23)21-12-32-13-21)8-19(7-15)28-22-27-14-31(29-22)20-10-17(24)9-18(25)11-20;21-20(22,23)14-7-15(27-19-26-13-31(28-19)18-10-24-1-2-25-18)9-16(8-14)29-3-5-30(6-4-29)17-11-32-12-17/h6-11,14,21H,2-5,12-13H2,1H3,(H,28,29);1-2,7-10,13,17H,3-6,11-12H2,(H,27,28). The molecule has 15 nitrogen and oxygen atoms in total. The Morgan fingerprint density at radius 2 is 1.27 bits per heavy atom. The highest BCUT2D eigenvalue weighted by molar-refractivity contribution is 5.65. The minimum Gasteiger partial charge on any atom is -0.378 e. The van der Waals surface area contributed by atoms with Crippen LogP contribution in [0.4, 0.5) is 55.3 Å². The summed E-state index contributed by atoms with van der Waals surface area (Å²) in [6, 6.07) is 13.5. The van der Waals surface area contributed by atoms with Crippen LogP contribution in [0.25, 0.3) is 11.5 Å². The van der Waals surface area contributed by atoms with Crippen LogP contribution in [-0.2, 0) is 21.3 Å². The molecule has 0 amide bonds. The van der Waals surface area contributed by atoms with Crippen LogP contribution in [0.5, 0.6) is 0 Å². The lowest BCUT2D eigenvalue weighted by Gasteiger charge is -2.43. The molecule has 4 fully saturated rings. The van der Waals surface area contributed by atoms with Gasteiger partial charge >= 0.3 is 6.18 Å². The van der Waals surface area contributed by atoms with E-state index < -0.39 is 29.0 Å². The van der Waals surface area contributed by atoms with Gasteiger partial charge in [-0.15, -0.1) is 10.2 Å². The van der Waals surface area contributed by atoms with Gasteiger partial charge in [0.25, 0.3) is 0 Å². The molecular weight excluding hydrogens is 845 g/mol. The smallest absolute Gasteiger partial charge is 0.378 e. The van der Waals surface area contributed by atoms with E-state index in [-0.39, 0.29) is 23.3 Å². The minimum atomic E-state index is -4.47. The van der Waals surface area contributed by atoms with Crippen LogP contribution in [0.1, 0.15) is 29.5 Å². The first kappa shape index (κ1) is 43.1. The van der Waals surface area contributed by atoms with Crippen molar-refractivity contribution in [3.8, 4) is 11.5 Å². The van der Waals surface area contributed by atoms with Crippen molar-refractivity contribution in [2.45, 2.75) is 43.7 Å². The normalized spacial score (nSPS) is 18.5. The molecular formula is C43H45F6N13O2. The zero-order valence-electron chi connectivity index (χ0n) is 34.7. The number of benzene rings is 3. The molecule has 0 aliphatic carbocycles. The zero-order chi connectivity index (χ0) is 44.4. The predicted octanol–water partition coefficient (Wildman–Crippen LogP) is 6.60. The van der Waals surface area contributed by atoms with Crippen LogP contribution in [0.2, 0.25) is 0 Å². The van der Waals surface area contributed by atoms with E-state index in [1.165, 1.54) is 58.8 Å². The fourth-order valence-electron chi connectivity index (χ4n) is 8.10. The Hall–Kier alpha value is -6.16. The number of likely N-dealkylation sites (tertiary alicyclic amines) is 1. The number of hydrogen-bond acceptors (Lipinski definition) is 13. The minimum absolute atomic E-state index is 0.163. The highest BCUT2D eigenvalue weighted by Crippen LogP contribution is 2.40. The first-order valence-corrected chi connectivity index (χ1v) is 20.9. The van der Waals surface area contributed by atoms with E-state index in [0.717, 1.165) is 57.2 Å². The molecule has 7 heterocycles. The molecule has 4 aliphatic heterocycles. The number of piperazine rings is 1. The Morgan fingerprint density at radius 1 is 0.656 bits per heavy atom. The number of nitrogens with zero attached hydrogens (tertiary/aromatic N) is 11. The average Bonchev–Trinajstić information content (AvgIpc) is 3.91. The monoisotopic (exact) mass is 889 g/mol. The summed E-state index contributed by atoms with van der Waals surface area (Å²) in [5, 5.41) is 14.4. The van der Waals surface area contributed by atoms with Gasteiger partial charge in [-0.1, -0.05) is 6.07 Å². The van der Waals surface area contributed by atoms with Gasteiger partial charge in [0.2, 0.25) is 11.9 Å². The highest BCUT2D eigenvalue weighted by atomic mass is 19.4. The maximum Gasteiger partial charge on any atom is 0.416 e. The van der Waals surface area contributed by atoms with E-state index in [1.54, 1.807) is 12.1 Å². The van der Waals surface area contributed by atoms with E-state index in [1.807, 2.05) is 24.0 Å². The second kappa shape index (κ2) is 18.1. The SMILES string of the molecule is Cc1cc(Nc2ncn(-c3cc(F)cc(F)c3)n2)cc(C2(F)CCN(C3COC3)CC2)c1.FC(F)(F)c1cc(Nc2ncn(-c3cnccn3)n2)cc(N2CCN(C3COC3)CC2)c1. The molecule has 2 N–H and O–H groups in total. The average molecular weight is 890 g/mol. The molecule has 0 saturated carbocycles. The van der Waals surface area contributed by atoms with Crippen molar-refractivity contribution in [1.82, 2.24) is 49.3 Å². The molecule has 3 aromatic carbocycles. The van der Waals surface area contributed by atoms with Gasteiger partial charge in [0.15, 0.2) is 5.82 Å². The predicted molar refractivity (Wildman–Crippen MR) is 224 cm³/mol. The highest BCUT2D eigenvalue weighted by Gasteiger charge is 2.40. The molecule has 0 bridgehead atoms. The summed E-state index contributed by atoms with van der Waals surface area (Å²) in [6.45, 7) is 9.13. The molecule has 4 saturated heterocycles. The largest absolute Gasteiger partial charge is 0.416 e. The zero-order valence-corrected chi connectivity index (χ0v) is 34.7. The van der Waals surface area contributed by atoms with Gasteiger partial charge in [0.05, 0.1) is 56.0 Å². The summed E-state index contributed by atoms with van der Waals surface area (Å²) in [5.41, 5.74) is 1.10. The molecule has 6 aromatic rings. The Morgan fingerprint density at radius 3 is 1.86 bits per heavy atom. The van der Waals surface area contributed by atoms with Crippen molar-refractivity contribution < 1.29 is 35.8 Å². The van der Waals surface area contributed by atoms with Crippen LogP contribution in [0, 0.1) is 18.6 Å². The third-order valence-electron chi connectivity index (χ3n) is 11.8. The third kappa shape index (κ3) is 9.96. The Kier molecular flexibility index (Phi) is 12.2. The van der Waals surface area contributed by atoms with E-state index in [2.05, 4.69) is 50.6 Å². The van der Waals surface area contributed by atoms with Crippen molar-refractivity contribution >= 4 is 29.0 Å². The number of ether oxygens (including phenoxy) is 2. The third-order valence-corrected chi connectivity index (χ3v) is 11.8. The summed E-state index contributed by atoms with van der Waals surface area (Å²) in [5.74, 6) is -0.530. The number of anilines is 5. The molecule has 3 aromatic heterocycles. The summed E-state index contributed by atoms with van der Waals surface area (Å²) in [4.78, 5) is 23.0. The number of nitrogens with one attached hydrogen (secondary N) is 2. The summed E-state index contributed by atoms with van der Waals surface area (Å²) in [7, 11) is 0. The molecule has 10 rings (SSSR count). The quantitative estimate of drug-likeness (QED) is 0.143. The van der Waals surface area contributed by atoms with Gasteiger partial charge in [-0.3, -0.25) is 14.8 Å². The number of aromatic nitrogens is 8. The second-order valence-corrected chi connectivity index (χ2v) is 16.2. The maximum absolute atomic E-state index is 15.9. The molecule has 21 heteroatoms. The fourth-order valence-corrected chi connectivity index (χ4v) is 8.10. The van der Waals surface area contributed by atoms with Crippen molar-refractivity contribution in [3.63, 3.8) is 0 Å². The molecule has 336 valence electrons. The molecule has 0 radical (unpaired) electrons. The van der Waals surface area contributed by atoms with Gasteiger partial charge in [-0.25, -0.2) is 22.8 Å². The van der Waals surface area contributed by atoms with E-state index >= 15 is 4.39 Å². The van der Waals surface area contributed by atoms with Gasteiger partial charge in [-0.05, 0) is 73.4 Å². The maximum atomic E-state index is 15.9. The van der Waals surface area contributed by atoms with Crippen LogP contribution in [0.3, 0.4) is 0 Å². The number of halogens is 6. The fraction of sp³-hybridized carbons (Fsp3) is 0.395. The first-order chi connectivity index (χ1) is 30.8. The van der Waals surface area contributed by atoms with Crippen molar-refractivity contribution in [1.29, 1.82) is 0 Å². The molecule has 4 aliphatic rings. The van der Waals surface area contributed by atoms with E-state index in [9.17, 15) is 22.0 Å². The van der Waals surface area contributed by atoms with Gasteiger partial charge in [-0.2, -0.15) is 27.8 Å². The van der Waals surface area contributed by atoms with Crippen LogP contribution < -0.4 is 15.5 Å². The lowest BCUT2D eigenvalue weighted by atomic mass is 9.84. The summed E-state index contributed by atoms with van der Waals surface area (Å²) >= 11 is 0. The molecule has 0 spiro atoms. The number of hydrogen-bond donors (Lipinski definition) is 2. The Labute approximate surface area is 364 Å². The topological polar surface area (TPSA) is 139 Å². The Bertz CT molecular complexity index is 2510. The van der Waals surface area contributed by atoms with Crippen molar-refractivity contribution in [2.24, 2.45) is 0 Å². The molecule has 0 atom stereocenters. The van der Waals surface area contributed by atoms with Crippen molar-refractivity contribution in [2.75, 3.05) is 81.2 Å². The van der Waals surface area contributed by atoms with Gasteiger partial charge < -0.3 is 25.0 Å². The Balaban J connectivity index is 0.000000162. The second-order valence-electron chi connectivity index (χ2n) is 16.2. The lowest BCUT2D eigenvalue weighted by Crippen LogP contribution is -2.56. The van der Waals surface area contributed by atoms with E-state index in [4.69, 9.17) is 9.47 Å². The number of rotatable bonds is 10. The van der Waals surface area contributed by atoms with Crippen molar-refractivity contribution in [3.05, 3.63) is 114 Å². The van der Waals surface area contributed by atoms with Crippen LogP contribution in [0.15, 0.2) is 85.8 Å². The number of piperidine rings is 1. The molecule has 64 heavy (non-hydrogen) atoms. The lowest BCUT2D eigenvalue weighted by molar-refractivity contribution is -0.137. The summed E-state index contributed by atoms with van der Waals surface area (Å²) in [6.07, 6.45) is 3.74. The van der Waals surface area contributed by atoms with Gasteiger partial charge in [0, 0.05) is 74.8 Å². The van der Waals surface area contributed by atoms with Crippen LogP contribution in [-0.4, -0.2) is 127 Å². The summed E-state index contributed by atoms with van der Waals surface area (Å²) < 4.78 is 96.8. The number of aryl methyl sites for hydroxylation is 1. The number of alkyl halides is 4. The van der Waals surface area contributed by atoms with Crippen LogP contribution >= 0.6 is 0 Å². The molecule has 0 unspecified atom stereocenters. The van der Waals surface area contributed by atoms with Gasteiger partial charge in [0.1, 0.15) is 30.0 Å². The first-order valence-electron chi connectivity index (χ1n) is 20.9.